The fraction of sp³-hybridized carbons (Fsp3) is 0.200. The summed E-state index contributed by atoms with van der Waals surface area (Å²) in [5.74, 6) is 0. The summed E-state index contributed by atoms with van der Waals surface area (Å²) in [6.45, 7) is 8.00. The van der Waals surface area contributed by atoms with Crippen LogP contribution in [-0.2, 0) is 0 Å². The van der Waals surface area contributed by atoms with Gasteiger partial charge in [-0.15, -0.1) is 11.6 Å². The Labute approximate surface area is 68.1 Å². The van der Waals surface area contributed by atoms with Gasteiger partial charge in [-0.25, -0.2) is 0 Å². The third-order valence-electron chi connectivity index (χ3n) is 1.41. The molecule has 0 fully saturated rings. The third-order valence-corrected chi connectivity index (χ3v) is 1.41. The SMILES string of the molecule is C=[N+]1C=CC=C[C-]1C=C(C)C. The number of hydrogen-bond donors (Lipinski definition) is 0. The van der Waals surface area contributed by atoms with Gasteiger partial charge < -0.3 is 0 Å². The molecule has 11 heavy (non-hydrogen) atoms. The molecule has 1 aliphatic heterocycles. The third kappa shape index (κ3) is 2.11. The van der Waals surface area contributed by atoms with Crippen molar-refractivity contribution in [2.45, 2.75) is 13.8 Å². The highest BCUT2D eigenvalue weighted by atomic mass is 15.0. The zero-order chi connectivity index (χ0) is 8.27. The summed E-state index contributed by atoms with van der Waals surface area (Å²) in [5.41, 5.74) is 1.29. The van der Waals surface area contributed by atoms with E-state index < -0.39 is 0 Å². The van der Waals surface area contributed by atoms with Crippen molar-refractivity contribution in [1.29, 1.82) is 0 Å². The number of hydrogen-bond acceptors (Lipinski definition) is 0. The first-order valence-electron chi connectivity index (χ1n) is 3.66. The molecule has 0 aromatic heterocycles. The molecule has 1 heterocycles. The number of rotatable bonds is 1. The molecule has 0 aromatic carbocycles. The summed E-state index contributed by atoms with van der Waals surface area (Å²) in [6, 6.07) is 1.13. The van der Waals surface area contributed by atoms with Crippen LogP contribution in [0.25, 0.3) is 0 Å². The average molecular weight is 147 g/mol. The average Bonchev–Trinajstić information content (AvgIpc) is 1.93. The van der Waals surface area contributed by atoms with E-state index in [-0.39, 0.29) is 0 Å². The van der Waals surface area contributed by atoms with Gasteiger partial charge in [0.15, 0.2) is 0 Å². The second-order valence-corrected chi connectivity index (χ2v) is 2.82. The number of allylic oxidation sites excluding steroid dienone is 3. The van der Waals surface area contributed by atoms with Crippen molar-refractivity contribution in [3.8, 4) is 0 Å². The highest BCUT2D eigenvalue weighted by Gasteiger charge is 2.05. The molecule has 0 saturated carbocycles. The van der Waals surface area contributed by atoms with Crippen molar-refractivity contribution in [3.05, 3.63) is 42.1 Å². The van der Waals surface area contributed by atoms with Gasteiger partial charge in [0.05, 0.1) is 6.72 Å². The van der Waals surface area contributed by atoms with E-state index >= 15 is 0 Å². The molecule has 0 unspecified atom stereocenters. The van der Waals surface area contributed by atoms with Crippen molar-refractivity contribution in [2.24, 2.45) is 0 Å². The Balaban J connectivity index is 2.75. The molecule has 1 nitrogen and oxygen atoms in total. The van der Waals surface area contributed by atoms with Crippen LogP contribution < -0.4 is 0 Å². The van der Waals surface area contributed by atoms with E-state index in [0.717, 1.165) is 6.04 Å². The lowest BCUT2D eigenvalue weighted by Gasteiger charge is -2.11. The Bertz CT molecular complexity index is 240. The summed E-state index contributed by atoms with van der Waals surface area (Å²) in [7, 11) is 0. The minimum absolute atomic E-state index is 1.13. The molecule has 0 saturated heterocycles. The van der Waals surface area contributed by atoms with Crippen LogP contribution in [0, 0.1) is 6.04 Å². The molecular weight excluding hydrogens is 134 g/mol. The predicted molar refractivity (Wildman–Crippen MR) is 48.3 cm³/mol. The molecule has 0 spiro atoms. The van der Waals surface area contributed by atoms with E-state index in [9.17, 15) is 0 Å². The van der Waals surface area contributed by atoms with E-state index in [1.165, 1.54) is 5.57 Å². The molecule has 0 N–H and O–H groups in total. The summed E-state index contributed by atoms with van der Waals surface area (Å²) in [4.78, 5) is 0. The summed E-state index contributed by atoms with van der Waals surface area (Å²) in [6.07, 6.45) is 10.1. The Morgan fingerprint density at radius 2 is 2.18 bits per heavy atom. The van der Waals surface area contributed by atoms with Crippen molar-refractivity contribution >= 4 is 6.72 Å². The molecular formula is C10H13N. The van der Waals surface area contributed by atoms with Gasteiger partial charge in [-0.05, 0) is 0 Å². The van der Waals surface area contributed by atoms with Crippen LogP contribution in [0.4, 0.5) is 0 Å². The zero-order valence-corrected chi connectivity index (χ0v) is 7.04. The van der Waals surface area contributed by atoms with Gasteiger partial charge in [-0.3, -0.25) is 4.58 Å². The van der Waals surface area contributed by atoms with E-state index in [0.29, 0.717) is 0 Å². The first-order chi connectivity index (χ1) is 5.20. The van der Waals surface area contributed by atoms with Crippen LogP contribution in [-0.4, -0.2) is 11.3 Å². The largest absolute Gasteiger partial charge is 0.271 e. The smallest absolute Gasteiger partial charge is 0.132 e. The van der Waals surface area contributed by atoms with Crippen LogP contribution in [0.3, 0.4) is 0 Å². The molecule has 1 aliphatic rings. The Morgan fingerprint density at radius 3 is 2.73 bits per heavy atom. The molecule has 0 aromatic rings. The normalized spacial score (nSPS) is 15.5. The molecule has 0 radical (unpaired) electrons. The lowest BCUT2D eigenvalue weighted by Crippen LogP contribution is -2.08. The predicted octanol–water partition coefficient (Wildman–Crippen LogP) is 2.28. The minimum atomic E-state index is 1.13. The van der Waals surface area contributed by atoms with Gasteiger partial charge in [0.2, 0.25) is 0 Å². The van der Waals surface area contributed by atoms with Crippen LogP contribution in [0.5, 0.6) is 0 Å². The van der Waals surface area contributed by atoms with Gasteiger partial charge >= 0.3 is 0 Å². The van der Waals surface area contributed by atoms with E-state index in [2.05, 4.69) is 26.6 Å². The standard InChI is InChI=1S/C10H13N/c1-9(2)8-10-6-4-5-7-11(10)3/h4-8H,3H2,1-2H3. The second-order valence-electron chi connectivity index (χ2n) is 2.82. The lowest BCUT2D eigenvalue weighted by molar-refractivity contribution is -0.416. The molecule has 0 aliphatic carbocycles. The molecule has 0 bridgehead atoms. The molecule has 1 heteroatoms. The molecule has 58 valence electrons. The maximum absolute atomic E-state index is 3.85. The quantitative estimate of drug-likeness (QED) is 0.395. The highest BCUT2D eigenvalue weighted by Crippen LogP contribution is 2.12. The van der Waals surface area contributed by atoms with Gasteiger partial charge in [0.1, 0.15) is 12.2 Å². The minimum Gasteiger partial charge on any atom is -0.271 e. The van der Waals surface area contributed by atoms with Crippen molar-refractivity contribution in [3.63, 3.8) is 0 Å². The summed E-state index contributed by atoms with van der Waals surface area (Å²) in [5, 5.41) is 0. The maximum Gasteiger partial charge on any atom is 0.132 e. The van der Waals surface area contributed by atoms with E-state index in [4.69, 9.17) is 0 Å². The van der Waals surface area contributed by atoms with Gasteiger partial charge in [0, 0.05) is 0 Å². The van der Waals surface area contributed by atoms with Gasteiger partial charge in [-0.2, -0.15) is 0 Å². The van der Waals surface area contributed by atoms with Gasteiger partial charge in [-0.1, -0.05) is 32.1 Å². The Kier molecular flexibility index (Phi) is 2.32. The second kappa shape index (κ2) is 3.24. The fourth-order valence-corrected chi connectivity index (χ4v) is 0.916. The Hall–Kier alpha value is -1.24. The Morgan fingerprint density at radius 1 is 1.45 bits per heavy atom. The summed E-state index contributed by atoms with van der Waals surface area (Å²) >= 11 is 0. The van der Waals surface area contributed by atoms with E-state index in [1.807, 2.05) is 29.0 Å². The molecule has 1 rings (SSSR count). The first-order valence-corrected chi connectivity index (χ1v) is 3.66. The fourth-order valence-electron chi connectivity index (χ4n) is 0.916. The highest BCUT2D eigenvalue weighted by molar-refractivity contribution is 5.29. The monoisotopic (exact) mass is 147 g/mol. The van der Waals surface area contributed by atoms with Crippen molar-refractivity contribution in [2.75, 3.05) is 0 Å². The van der Waals surface area contributed by atoms with E-state index in [1.54, 1.807) is 0 Å². The van der Waals surface area contributed by atoms with Gasteiger partial charge in [0.25, 0.3) is 0 Å². The topological polar surface area (TPSA) is 3.01 Å². The first kappa shape index (κ1) is 7.86. The van der Waals surface area contributed by atoms with Crippen LogP contribution in [0.2, 0.25) is 0 Å². The van der Waals surface area contributed by atoms with Crippen LogP contribution in [0.15, 0.2) is 36.1 Å². The van der Waals surface area contributed by atoms with Crippen molar-refractivity contribution in [1.82, 2.24) is 0 Å². The van der Waals surface area contributed by atoms with Crippen LogP contribution in [0.1, 0.15) is 13.8 Å². The zero-order valence-electron chi connectivity index (χ0n) is 7.04. The lowest BCUT2D eigenvalue weighted by atomic mass is 10.1. The van der Waals surface area contributed by atoms with Crippen LogP contribution >= 0.6 is 0 Å². The number of nitrogens with zero attached hydrogens (tertiary/aromatic N) is 1. The molecule has 0 amide bonds. The van der Waals surface area contributed by atoms with Crippen molar-refractivity contribution < 1.29 is 4.58 Å². The maximum atomic E-state index is 3.85. The molecule has 0 atom stereocenters. The summed E-state index contributed by atoms with van der Waals surface area (Å²) < 4.78 is 1.85.